The molecule has 4 heteroatoms. The van der Waals surface area contributed by atoms with Crippen LogP contribution in [0, 0.1) is 11.3 Å². The van der Waals surface area contributed by atoms with Crippen LogP contribution in [-0.2, 0) is 10.3 Å². The SMILES string of the molecule is COCCN(C)CC(N)(C#N)c1ccccc1. The van der Waals surface area contributed by atoms with E-state index in [1.54, 1.807) is 7.11 Å². The molecule has 17 heavy (non-hydrogen) atoms. The minimum Gasteiger partial charge on any atom is -0.383 e. The molecule has 0 saturated heterocycles. The van der Waals surface area contributed by atoms with Gasteiger partial charge in [-0.15, -0.1) is 0 Å². The highest BCUT2D eigenvalue weighted by Crippen LogP contribution is 2.18. The number of rotatable bonds is 6. The van der Waals surface area contributed by atoms with Crippen molar-refractivity contribution in [3.8, 4) is 6.07 Å². The fraction of sp³-hybridized carbons (Fsp3) is 0.462. The minimum atomic E-state index is -0.969. The Balaban J connectivity index is 2.73. The van der Waals surface area contributed by atoms with Gasteiger partial charge in [0.1, 0.15) is 5.54 Å². The van der Waals surface area contributed by atoms with Gasteiger partial charge in [-0.3, -0.25) is 0 Å². The van der Waals surface area contributed by atoms with Gasteiger partial charge in [-0.25, -0.2) is 0 Å². The van der Waals surface area contributed by atoms with Crippen LogP contribution in [0.25, 0.3) is 0 Å². The van der Waals surface area contributed by atoms with Gasteiger partial charge >= 0.3 is 0 Å². The predicted octanol–water partition coefficient (Wildman–Crippen LogP) is 0.942. The monoisotopic (exact) mass is 233 g/mol. The average Bonchev–Trinajstić information content (AvgIpc) is 2.37. The van der Waals surface area contributed by atoms with Gasteiger partial charge in [0, 0.05) is 20.2 Å². The van der Waals surface area contributed by atoms with Crippen molar-refractivity contribution in [3.63, 3.8) is 0 Å². The first kappa shape index (κ1) is 13.7. The summed E-state index contributed by atoms with van der Waals surface area (Å²) < 4.78 is 5.00. The summed E-state index contributed by atoms with van der Waals surface area (Å²) in [6, 6.07) is 11.7. The number of nitrogens with zero attached hydrogens (tertiary/aromatic N) is 2. The molecule has 0 aliphatic heterocycles. The van der Waals surface area contributed by atoms with Gasteiger partial charge < -0.3 is 15.4 Å². The van der Waals surface area contributed by atoms with Gasteiger partial charge in [0.2, 0.25) is 0 Å². The van der Waals surface area contributed by atoms with Crippen LogP contribution >= 0.6 is 0 Å². The summed E-state index contributed by atoms with van der Waals surface area (Å²) in [5, 5.41) is 9.28. The fourth-order valence-corrected chi connectivity index (χ4v) is 1.68. The van der Waals surface area contributed by atoms with Crippen LogP contribution in [0.4, 0.5) is 0 Å². The van der Waals surface area contributed by atoms with Crippen molar-refractivity contribution in [2.24, 2.45) is 5.73 Å². The smallest absolute Gasteiger partial charge is 0.142 e. The summed E-state index contributed by atoms with van der Waals surface area (Å²) in [6.07, 6.45) is 0. The highest BCUT2D eigenvalue weighted by molar-refractivity contribution is 5.31. The number of benzene rings is 1. The zero-order valence-corrected chi connectivity index (χ0v) is 10.4. The van der Waals surface area contributed by atoms with Gasteiger partial charge in [-0.1, -0.05) is 30.3 Å². The van der Waals surface area contributed by atoms with Crippen LogP contribution in [0.1, 0.15) is 5.56 Å². The second-order valence-corrected chi connectivity index (χ2v) is 4.18. The molecular formula is C13H19N3O. The van der Waals surface area contributed by atoms with Crippen molar-refractivity contribution in [2.75, 3.05) is 33.9 Å². The Kier molecular flexibility index (Phi) is 5.11. The number of likely N-dealkylation sites (N-methyl/N-ethyl adjacent to an activating group) is 1. The van der Waals surface area contributed by atoms with Crippen LogP contribution in [0.15, 0.2) is 30.3 Å². The summed E-state index contributed by atoms with van der Waals surface area (Å²) in [5.41, 5.74) is 6.02. The van der Waals surface area contributed by atoms with Crippen LogP contribution in [0.2, 0.25) is 0 Å². The summed E-state index contributed by atoms with van der Waals surface area (Å²) >= 11 is 0. The lowest BCUT2D eigenvalue weighted by molar-refractivity contribution is 0.153. The van der Waals surface area contributed by atoms with E-state index in [1.807, 2.05) is 42.3 Å². The molecular weight excluding hydrogens is 214 g/mol. The molecule has 0 bridgehead atoms. The van der Waals surface area contributed by atoms with E-state index in [-0.39, 0.29) is 0 Å². The lowest BCUT2D eigenvalue weighted by Crippen LogP contribution is -2.46. The Morgan fingerprint density at radius 1 is 1.41 bits per heavy atom. The standard InChI is InChI=1S/C13H19N3O/c1-16(8-9-17-2)11-13(15,10-14)12-6-4-3-5-7-12/h3-7H,8-9,11,15H2,1-2H3. The Morgan fingerprint density at radius 3 is 2.59 bits per heavy atom. The third kappa shape index (κ3) is 3.82. The molecule has 0 aliphatic rings. The van der Waals surface area contributed by atoms with E-state index < -0.39 is 5.54 Å². The zero-order valence-electron chi connectivity index (χ0n) is 10.4. The molecule has 0 aliphatic carbocycles. The topological polar surface area (TPSA) is 62.3 Å². The molecule has 0 fully saturated rings. The number of ether oxygens (including phenoxy) is 1. The van der Waals surface area contributed by atoms with Crippen molar-refractivity contribution in [1.29, 1.82) is 5.26 Å². The number of hydrogen-bond acceptors (Lipinski definition) is 4. The Morgan fingerprint density at radius 2 is 2.06 bits per heavy atom. The normalized spacial score (nSPS) is 14.3. The Bertz CT molecular complexity index is 374. The van der Waals surface area contributed by atoms with Crippen molar-refractivity contribution in [2.45, 2.75) is 5.54 Å². The molecule has 0 aromatic heterocycles. The van der Waals surface area contributed by atoms with Gasteiger partial charge in [-0.2, -0.15) is 5.26 Å². The second kappa shape index (κ2) is 6.36. The van der Waals surface area contributed by atoms with Crippen molar-refractivity contribution in [1.82, 2.24) is 4.90 Å². The molecule has 0 amide bonds. The summed E-state index contributed by atoms with van der Waals surface area (Å²) in [7, 11) is 3.59. The fourth-order valence-electron chi connectivity index (χ4n) is 1.68. The molecule has 1 aromatic carbocycles. The third-order valence-corrected chi connectivity index (χ3v) is 2.68. The number of methoxy groups -OCH3 is 1. The first-order chi connectivity index (χ1) is 8.12. The molecule has 0 heterocycles. The maximum Gasteiger partial charge on any atom is 0.142 e. The quantitative estimate of drug-likeness (QED) is 0.794. The number of nitrogens with two attached hydrogens (primary N) is 1. The predicted molar refractivity (Wildman–Crippen MR) is 67.3 cm³/mol. The van der Waals surface area contributed by atoms with E-state index in [1.165, 1.54) is 0 Å². The average molecular weight is 233 g/mol. The molecule has 0 spiro atoms. The van der Waals surface area contributed by atoms with Crippen molar-refractivity contribution in [3.05, 3.63) is 35.9 Å². The summed E-state index contributed by atoms with van der Waals surface area (Å²) in [5.74, 6) is 0. The first-order valence-electron chi connectivity index (χ1n) is 5.55. The summed E-state index contributed by atoms with van der Waals surface area (Å²) in [4.78, 5) is 2.00. The molecule has 1 rings (SSSR count). The highest BCUT2D eigenvalue weighted by atomic mass is 16.5. The van der Waals surface area contributed by atoms with E-state index >= 15 is 0 Å². The van der Waals surface area contributed by atoms with E-state index in [0.29, 0.717) is 13.2 Å². The largest absolute Gasteiger partial charge is 0.383 e. The van der Waals surface area contributed by atoms with Crippen molar-refractivity contribution < 1.29 is 4.74 Å². The molecule has 4 nitrogen and oxygen atoms in total. The van der Waals surface area contributed by atoms with Gasteiger partial charge in [0.25, 0.3) is 0 Å². The van der Waals surface area contributed by atoms with Crippen LogP contribution in [0.5, 0.6) is 0 Å². The molecule has 2 N–H and O–H groups in total. The molecule has 0 saturated carbocycles. The zero-order chi connectivity index (χ0) is 12.7. The maximum absolute atomic E-state index is 9.28. The van der Waals surface area contributed by atoms with E-state index in [9.17, 15) is 5.26 Å². The third-order valence-electron chi connectivity index (χ3n) is 2.68. The Labute approximate surface area is 103 Å². The number of hydrogen-bond donors (Lipinski definition) is 1. The van der Waals surface area contributed by atoms with Crippen LogP contribution in [0.3, 0.4) is 0 Å². The van der Waals surface area contributed by atoms with Gasteiger partial charge in [0.05, 0.1) is 12.7 Å². The second-order valence-electron chi connectivity index (χ2n) is 4.18. The van der Waals surface area contributed by atoms with Crippen LogP contribution in [-0.4, -0.2) is 38.8 Å². The highest BCUT2D eigenvalue weighted by Gasteiger charge is 2.28. The summed E-state index contributed by atoms with van der Waals surface area (Å²) in [6.45, 7) is 1.87. The number of nitriles is 1. The molecule has 1 aromatic rings. The first-order valence-corrected chi connectivity index (χ1v) is 5.55. The van der Waals surface area contributed by atoms with Crippen LogP contribution < -0.4 is 5.73 Å². The minimum absolute atomic E-state index is 0.483. The Hall–Kier alpha value is -1.41. The molecule has 1 unspecified atom stereocenters. The van der Waals surface area contributed by atoms with Crippen molar-refractivity contribution >= 4 is 0 Å². The molecule has 0 radical (unpaired) electrons. The molecule has 1 atom stereocenters. The lowest BCUT2D eigenvalue weighted by atomic mass is 9.92. The van der Waals surface area contributed by atoms with Gasteiger partial charge in [-0.05, 0) is 12.6 Å². The molecule has 92 valence electrons. The lowest BCUT2D eigenvalue weighted by Gasteiger charge is -2.27. The van der Waals surface area contributed by atoms with E-state index in [4.69, 9.17) is 10.5 Å². The van der Waals surface area contributed by atoms with Gasteiger partial charge in [0.15, 0.2) is 0 Å². The van der Waals surface area contributed by atoms with E-state index in [2.05, 4.69) is 6.07 Å². The van der Waals surface area contributed by atoms with E-state index in [0.717, 1.165) is 12.1 Å². The maximum atomic E-state index is 9.28.